The van der Waals surface area contributed by atoms with Gasteiger partial charge in [-0.25, -0.2) is 9.48 Å². The van der Waals surface area contributed by atoms with Crippen LogP contribution in [0.1, 0.15) is 49.9 Å². The molecule has 7 heteroatoms. The third-order valence-electron chi connectivity index (χ3n) is 6.37. The van der Waals surface area contributed by atoms with Crippen LogP contribution in [0.15, 0.2) is 29.3 Å². The summed E-state index contributed by atoms with van der Waals surface area (Å²) in [4.78, 5) is 21.7. The van der Waals surface area contributed by atoms with Gasteiger partial charge >= 0.3 is 5.69 Å². The third kappa shape index (κ3) is 4.05. The molecular formula is C21H32N6O. The van der Waals surface area contributed by atoms with Gasteiger partial charge in [0.1, 0.15) is 5.82 Å². The van der Waals surface area contributed by atoms with Gasteiger partial charge in [0.15, 0.2) is 0 Å². The summed E-state index contributed by atoms with van der Waals surface area (Å²) in [7, 11) is 1.76. The van der Waals surface area contributed by atoms with Gasteiger partial charge < -0.3 is 0 Å². The molecule has 0 spiro atoms. The van der Waals surface area contributed by atoms with Gasteiger partial charge in [-0.15, -0.1) is 0 Å². The Hall–Kier alpha value is -1.99. The highest BCUT2D eigenvalue weighted by molar-refractivity contribution is 5.08. The van der Waals surface area contributed by atoms with Crippen LogP contribution in [-0.4, -0.2) is 61.4 Å². The maximum atomic E-state index is 12.3. The van der Waals surface area contributed by atoms with Crippen molar-refractivity contribution in [2.75, 3.05) is 26.2 Å². The second-order valence-electron chi connectivity index (χ2n) is 8.21. The van der Waals surface area contributed by atoms with E-state index >= 15 is 0 Å². The molecule has 0 radical (unpaired) electrons. The van der Waals surface area contributed by atoms with Crippen LogP contribution >= 0.6 is 0 Å². The van der Waals surface area contributed by atoms with E-state index in [1.54, 1.807) is 7.05 Å². The van der Waals surface area contributed by atoms with Crippen molar-refractivity contribution in [2.24, 2.45) is 7.05 Å². The highest BCUT2D eigenvalue weighted by Crippen LogP contribution is 2.29. The van der Waals surface area contributed by atoms with Gasteiger partial charge in [-0.1, -0.05) is 6.07 Å². The molecule has 2 aliphatic heterocycles. The Morgan fingerprint density at radius 1 is 1.18 bits per heavy atom. The second kappa shape index (κ2) is 8.57. The molecule has 2 saturated heterocycles. The fourth-order valence-corrected chi connectivity index (χ4v) is 4.86. The van der Waals surface area contributed by atoms with Crippen LogP contribution in [0.4, 0.5) is 0 Å². The lowest BCUT2D eigenvalue weighted by atomic mass is 9.93. The van der Waals surface area contributed by atoms with Crippen LogP contribution < -0.4 is 5.69 Å². The standard InChI is InChI=1S/C21H32N6O/c1-3-27-20(23-24(2)21(27)28)18-7-5-11-26(16-18)19-8-12-25(13-9-19)15-17-6-4-10-22-14-17/h4,6,10,14,18-19H,3,5,7-9,11-13,15-16H2,1-2H3/t18-/m1/s1. The number of likely N-dealkylation sites (tertiary alicyclic amines) is 2. The molecule has 0 aromatic carbocycles. The Balaban J connectivity index is 1.36. The molecule has 4 rings (SSSR count). The summed E-state index contributed by atoms with van der Waals surface area (Å²) in [6, 6.07) is 4.83. The van der Waals surface area contributed by atoms with E-state index in [4.69, 9.17) is 0 Å². The number of hydrogen-bond acceptors (Lipinski definition) is 5. The van der Waals surface area contributed by atoms with Gasteiger partial charge in [0, 0.05) is 51.0 Å². The smallest absolute Gasteiger partial charge is 0.300 e. The average Bonchev–Trinajstić information content (AvgIpc) is 3.03. The fraction of sp³-hybridized carbons (Fsp3) is 0.667. The van der Waals surface area contributed by atoms with Gasteiger partial charge in [-0.3, -0.25) is 19.4 Å². The summed E-state index contributed by atoms with van der Waals surface area (Å²) in [5, 5.41) is 4.57. The van der Waals surface area contributed by atoms with E-state index < -0.39 is 0 Å². The van der Waals surface area contributed by atoms with Crippen molar-refractivity contribution in [1.29, 1.82) is 0 Å². The van der Waals surface area contributed by atoms with E-state index in [1.807, 2.05) is 30.0 Å². The zero-order chi connectivity index (χ0) is 19.5. The molecule has 2 fully saturated rings. The summed E-state index contributed by atoms with van der Waals surface area (Å²) in [5.74, 6) is 1.35. The number of aryl methyl sites for hydroxylation is 1. The number of rotatable bonds is 5. The van der Waals surface area contributed by atoms with Crippen molar-refractivity contribution in [3.05, 3.63) is 46.4 Å². The molecule has 2 aromatic rings. The summed E-state index contributed by atoms with van der Waals surface area (Å²) >= 11 is 0. The van der Waals surface area contributed by atoms with Crippen LogP contribution in [0.25, 0.3) is 0 Å². The van der Waals surface area contributed by atoms with E-state index in [-0.39, 0.29) is 5.69 Å². The molecule has 4 heterocycles. The molecule has 0 bridgehead atoms. The fourth-order valence-electron chi connectivity index (χ4n) is 4.86. The summed E-state index contributed by atoms with van der Waals surface area (Å²) < 4.78 is 3.35. The minimum absolute atomic E-state index is 0.0123. The molecule has 0 N–H and O–H groups in total. The first-order valence-corrected chi connectivity index (χ1v) is 10.6. The maximum Gasteiger partial charge on any atom is 0.345 e. The largest absolute Gasteiger partial charge is 0.345 e. The SMILES string of the molecule is CCn1c([C@@H]2CCCN(C3CCN(Cc4cccnc4)CC3)C2)nn(C)c1=O. The Labute approximate surface area is 167 Å². The minimum Gasteiger partial charge on any atom is -0.300 e. The van der Waals surface area contributed by atoms with Crippen LogP contribution in [0.2, 0.25) is 0 Å². The van der Waals surface area contributed by atoms with Crippen LogP contribution in [0.3, 0.4) is 0 Å². The molecule has 0 aliphatic carbocycles. The van der Waals surface area contributed by atoms with Gasteiger partial charge in [-0.05, 0) is 63.9 Å². The van der Waals surface area contributed by atoms with Crippen molar-refractivity contribution in [1.82, 2.24) is 29.1 Å². The van der Waals surface area contributed by atoms with E-state index in [0.29, 0.717) is 18.5 Å². The number of aromatic nitrogens is 4. The predicted molar refractivity (Wildman–Crippen MR) is 109 cm³/mol. The van der Waals surface area contributed by atoms with E-state index in [2.05, 4.69) is 25.9 Å². The molecule has 1 atom stereocenters. The molecule has 0 amide bonds. The maximum absolute atomic E-state index is 12.3. The number of piperidine rings is 2. The van der Waals surface area contributed by atoms with Crippen molar-refractivity contribution in [2.45, 2.75) is 57.7 Å². The van der Waals surface area contributed by atoms with Crippen molar-refractivity contribution in [3.63, 3.8) is 0 Å². The van der Waals surface area contributed by atoms with Crippen molar-refractivity contribution in [3.8, 4) is 0 Å². The zero-order valence-corrected chi connectivity index (χ0v) is 17.1. The first-order valence-electron chi connectivity index (χ1n) is 10.6. The monoisotopic (exact) mass is 384 g/mol. The average molecular weight is 385 g/mol. The number of nitrogens with zero attached hydrogens (tertiary/aromatic N) is 6. The summed E-state index contributed by atoms with van der Waals surface area (Å²) in [6.45, 7) is 8.22. The molecule has 0 unspecified atom stereocenters. The van der Waals surface area contributed by atoms with E-state index in [9.17, 15) is 4.79 Å². The lowest BCUT2D eigenvalue weighted by molar-refractivity contribution is 0.0805. The highest BCUT2D eigenvalue weighted by atomic mass is 16.2. The quantitative estimate of drug-likeness (QED) is 0.787. The molecular weight excluding hydrogens is 352 g/mol. The molecule has 152 valence electrons. The van der Waals surface area contributed by atoms with Gasteiger partial charge in [0.2, 0.25) is 0 Å². The molecule has 2 aromatic heterocycles. The first kappa shape index (κ1) is 19.3. The van der Waals surface area contributed by atoms with Gasteiger partial charge in [0.05, 0.1) is 0 Å². The van der Waals surface area contributed by atoms with Crippen LogP contribution in [0.5, 0.6) is 0 Å². The van der Waals surface area contributed by atoms with E-state index in [0.717, 1.165) is 38.4 Å². The van der Waals surface area contributed by atoms with Crippen molar-refractivity contribution < 1.29 is 0 Å². The number of pyridine rings is 1. The van der Waals surface area contributed by atoms with Gasteiger partial charge in [-0.2, -0.15) is 5.10 Å². The number of hydrogen-bond donors (Lipinski definition) is 0. The summed E-state index contributed by atoms with van der Waals surface area (Å²) in [5.41, 5.74) is 1.31. The Kier molecular flexibility index (Phi) is 5.92. The van der Waals surface area contributed by atoms with Crippen LogP contribution in [0, 0.1) is 0 Å². The first-order chi connectivity index (χ1) is 13.7. The normalized spacial score (nSPS) is 22.6. The minimum atomic E-state index is 0.0123. The van der Waals surface area contributed by atoms with Gasteiger partial charge in [0.25, 0.3) is 0 Å². The van der Waals surface area contributed by atoms with E-state index in [1.165, 1.54) is 36.1 Å². The Morgan fingerprint density at radius 2 is 2.00 bits per heavy atom. The van der Waals surface area contributed by atoms with Crippen molar-refractivity contribution >= 4 is 0 Å². The molecule has 7 nitrogen and oxygen atoms in total. The molecule has 2 aliphatic rings. The lowest BCUT2D eigenvalue weighted by Gasteiger charge is -2.42. The Bertz CT molecular complexity index is 821. The zero-order valence-electron chi connectivity index (χ0n) is 17.1. The lowest BCUT2D eigenvalue weighted by Crippen LogP contribution is -2.48. The third-order valence-corrected chi connectivity index (χ3v) is 6.37. The highest BCUT2D eigenvalue weighted by Gasteiger charge is 2.31. The predicted octanol–water partition coefficient (Wildman–Crippen LogP) is 1.84. The topological polar surface area (TPSA) is 59.2 Å². The Morgan fingerprint density at radius 3 is 2.71 bits per heavy atom. The second-order valence-corrected chi connectivity index (χ2v) is 8.21. The molecule has 0 saturated carbocycles. The summed E-state index contributed by atoms with van der Waals surface area (Å²) in [6.07, 6.45) is 8.57. The van der Waals surface area contributed by atoms with Crippen LogP contribution in [-0.2, 0) is 20.1 Å². The molecule has 28 heavy (non-hydrogen) atoms.